The van der Waals surface area contributed by atoms with Gasteiger partial charge in [0.1, 0.15) is 12.6 Å². The molecule has 2 aromatic heterocycles. The number of nitrogens with zero attached hydrogens (tertiary/aromatic N) is 4. The van der Waals surface area contributed by atoms with E-state index in [2.05, 4.69) is 16.0 Å². The fraction of sp³-hybridized carbons (Fsp3) is 0.333. The van der Waals surface area contributed by atoms with Gasteiger partial charge in [0.15, 0.2) is 0 Å². The van der Waals surface area contributed by atoms with Crippen molar-refractivity contribution in [2.24, 2.45) is 10.7 Å². The highest BCUT2D eigenvalue weighted by molar-refractivity contribution is 6.15. The first-order valence-corrected chi connectivity index (χ1v) is 8.16. The van der Waals surface area contributed by atoms with Gasteiger partial charge in [-0.1, -0.05) is 12.8 Å². The molecule has 2 heterocycles. The lowest BCUT2D eigenvalue weighted by molar-refractivity contribution is 0.535. The number of pyridine rings is 1. The van der Waals surface area contributed by atoms with Gasteiger partial charge in [0.25, 0.3) is 5.56 Å². The zero-order chi connectivity index (χ0) is 17.8. The first-order chi connectivity index (χ1) is 12.2. The molecule has 0 saturated heterocycles. The van der Waals surface area contributed by atoms with Crippen molar-refractivity contribution in [3.63, 3.8) is 0 Å². The summed E-state index contributed by atoms with van der Waals surface area (Å²) in [6.45, 7) is 0.0123. The van der Waals surface area contributed by atoms with Gasteiger partial charge < -0.3 is 15.3 Å². The number of aliphatic imine (C=N–C) groups is 1. The molecule has 3 N–H and O–H groups in total. The van der Waals surface area contributed by atoms with Crippen LogP contribution in [0.4, 0.5) is 0 Å². The monoisotopic (exact) mass is 334 g/mol. The van der Waals surface area contributed by atoms with Gasteiger partial charge in [-0.3, -0.25) is 9.79 Å². The van der Waals surface area contributed by atoms with Crippen LogP contribution in [0.1, 0.15) is 42.9 Å². The van der Waals surface area contributed by atoms with Crippen molar-refractivity contribution in [3.05, 3.63) is 40.1 Å². The van der Waals surface area contributed by atoms with Crippen LogP contribution in [0, 0.1) is 22.7 Å². The first-order valence-electron chi connectivity index (χ1n) is 8.16. The third-order valence-corrected chi connectivity index (χ3v) is 4.58. The molecular formula is C18H18N6O. The van der Waals surface area contributed by atoms with Gasteiger partial charge in [-0.15, -0.1) is 0 Å². The molecule has 3 rings (SSSR count). The number of nitriles is 2. The molecule has 0 aliphatic heterocycles. The number of rotatable bonds is 4. The van der Waals surface area contributed by atoms with Gasteiger partial charge >= 0.3 is 0 Å². The molecule has 0 aromatic carbocycles. The Bertz CT molecular complexity index is 989. The summed E-state index contributed by atoms with van der Waals surface area (Å²) in [5.41, 5.74) is 7.72. The normalized spacial score (nSPS) is 15.7. The van der Waals surface area contributed by atoms with E-state index >= 15 is 0 Å². The van der Waals surface area contributed by atoms with E-state index in [-0.39, 0.29) is 18.1 Å². The van der Waals surface area contributed by atoms with Crippen molar-refractivity contribution >= 4 is 22.7 Å². The van der Waals surface area contributed by atoms with E-state index in [0.29, 0.717) is 27.6 Å². The molecule has 126 valence electrons. The van der Waals surface area contributed by atoms with Crippen molar-refractivity contribution in [2.45, 2.75) is 31.7 Å². The molecule has 1 saturated carbocycles. The van der Waals surface area contributed by atoms with Crippen molar-refractivity contribution in [1.82, 2.24) is 9.55 Å². The van der Waals surface area contributed by atoms with E-state index < -0.39 is 0 Å². The Morgan fingerprint density at radius 2 is 2.20 bits per heavy atom. The number of aromatic amines is 1. The summed E-state index contributed by atoms with van der Waals surface area (Å²) in [5.74, 6) is 0. The number of aromatic nitrogens is 2. The van der Waals surface area contributed by atoms with E-state index in [0.717, 1.165) is 25.7 Å². The molecule has 7 heteroatoms. The fourth-order valence-electron chi connectivity index (χ4n) is 3.47. The number of allylic oxidation sites excluding steroid dienone is 1. The molecule has 0 amide bonds. The lowest BCUT2D eigenvalue weighted by Crippen LogP contribution is -2.10. The number of hydrogen-bond donors (Lipinski definition) is 2. The van der Waals surface area contributed by atoms with Crippen LogP contribution in [0.5, 0.6) is 0 Å². The number of H-pyrrole nitrogens is 1. The Balaban J connectivity index is 2.28. The second kappa shape index (κ2) is 7.06. The standard InChI is InChI=1S/C18H18N6O/c19-5-6-22-9-12(7-20)15-11-24(14-3-1-2-4-14)17-13(8-21)10-23-18(25)16(15)17/h7,9-11,14H,1-4,6,20H2,(H,23,25). The number of nitrogens with one attached hydrogen (secondary N) is 1. The topological polar surface area (TPSA) is 124 Å². The zero-order valence-electron chi connectivity index (χ0n) is 13.7. The van der Waals surface area contributed by atoms with Crippen LogP contribution in [0.3, 0.4) is 0 Å². The Labute approximate surface area is 144 Å². The van der Waals surface area contributed by atoms with E-state index in [1.165, 1.54) is 18.6 Å². The molecule has 0 spiro atoms. The van der Waals surface area contributed by atoms with E-state index in [1.807, 2.05) is 16.8 Å². The Kier molecular flexibility index (Phi) is 4.67. The van der Waals surface area contributed by atoms with Crippen LogP contribution in [0.2, 0.25) is 0 Å². The Morgan fingerprint density at radius 3 is 2.84 bits per heavy atom. The maximum atomic E-state index is 12.5. The summed E-state index contributed by atoms with van der Waals surface area (Å²) >= 11 is 0. The van der Waals surface area contributed by atoms with Gasteiger partial charge in [-0.05, 0) is 12.8 Å². The third-order valence-electron chi connectivity index (χ3n) is 4.58. The van der Waals surface area contributed by atoms with Crippen LogP contribution in [-0.2, 0) is 0 Å². The molecule has 0 bridgehead atoms. The van der Waals surface area contributed by atoms with Gasteiger partial charge in [0.2, 0.25) is 0 Å². The lowest BCUT2D eigenvalue weighted by Gasteiger charge is -2.13. The summed E-state index contributed by atoms with van der Waals surface area (Å²) in [6.07, 6.45) is 10.5. The van der Waals surface area contributed by atoms with Crippen molar-refractivity contribution in [1.29, 1.82) is 10.5 Å². The van der Waals surface area contributed by atoms with Crippen molar-refractivity contribution < 1.29 is 0 Å². The predicted molar refractivity (Wildman–Crippen MR) is 95.9 cm³/mol. The zero-order valence-corrected chi connectivity index (χ0v) is 13.7. The molecule has 7 nitrogen and oxygen atoms in total. The van der Waals surface area contributed by atoms with Crippen LogP contribution in [-0.4, -0.2) is 22.3 Å². The molecule has 1 aliphatic carbocycles. The highest BCUT2D eigenvalue weighted by atomic mass is 16.1. The third kappa shape index (κ3) is 2.92. The second-order valence-electron chi connectivity index (χ2n) is 6.01. The first kappa shape index (κ1) is 16.5. The lowest BCUT2D eigenvalue weighted by atomic mass is 10.1. The Hall–Kier alpha value is -3.32. The summed E-state index contributed by atoms with van der Waals surface area (Å²) < 4.78 is 2.03. The van der Waals surface area contributed by atoms with Crippen LogP contribution in [0.15, 0.2) is 28.4 Å². The van der Waals surface area contributed by atoms with Gasteiger partial charge in [-0.2, -0.15) is 10.5 Å². The minimum Gasteiger partial charge on any atom is -0.404 e. The highest BCUT2D eigenvalue weighted by Gasteiger charge is 2.24. The maximum absolute atomic E-state index is 12.5. The summed E-state index contributed by atoms with van der Waals surface area (Å²) in [7, 11) is 0. The molecule has 0 atom stereocenters. The molecule has 0 radical (unpaired) electrons. The van der Waals surface area contributed by atoms with Crippen LogP contribution in [0.25, 0.3) is 16.5 Å². The summed E-state index contributed by atoms with van der Waals surface area (Å²) in [4.78, 5) is 19.1. The van der Waals surface area contributed by atoms with Crippen molar-refractivity contribution in [2.75, 3.05) is 6.54 Å². The summed E-state index contributed by atoms with van der Waals surface area (Å²) in [6, 6.07) is 4.36. The minimum atomic E-state index is -0.270. The average molecular weight is 334 g/mol. The SMILES string of the molecule is N#CCN=CC(=CN)c1cn(C2CCCC2)c2c(C#N)c[nH]c(=O)c12. The van der Waals surface area contributed by atoms with Crippen LogP contribution < -0.4 is 11.3 Å². The van der Waals surface area contributed by atoms with Gasteiger partial charge in [0, 0.05) is 42.0 Å². The molecule has 2 aromatic rings. The van der Waals surface area contributed by atoms with E-state index in [1.54, 1.807) is 0 Å². The van der Waals surface area contributed by atoms with E-state index in [9.17, 15) is 10.1 Å². The number of nitrogens with two attached hydrogens (primary N) is 1. The number of fused-ring (bicyclic) bond motifs is 1. The smallest absolute Gasteiger partial charge is 0.258 e. The largest absolute Gasteiger partial charge is 0.404 e. The second-order valence-corrected chi connectivity index (χ2v) is 6.01. The van der Waals surface area contributed by atoms with Gasteiger partial charge in [0.05, 0.1) is 22.5 Å². The minimum absolute atomic E-state index is 0.0123. The Morgan fingerprint density at radius 1 is 1.44 bits per heavy atom. The predicted octanol–water partition coefficient (Wildman–Crippen LogP) is 2.21. The average Bonchev–Trinajstić information content (AvgIpc) is 3.27. The van der Waals surface area contributed by atoms with E-state index in [4.69, 9.17) is 11.0 Å². The molecule has 25 heavy (non-hydrogen) atoms. The number of hydrogen-bond acceptors (Lipinski definition) is 5. The maximum Gasteiger partial charge on any atom is 0.258 e. The van der Waals surface area contributed by atoms with Gasteiger partial charge in [-0.25, -0.2) is 0 Å². The highest BCUT2D eigenvalue weighted by Crippen LogP contribution is 2.35. The molecule has 1 aliphatic rings. The molecular weight excluding hydrogens is 316 g/mol. The fourth-order valence-corrected chi connectivity index (χ4v) is 3.47. The molecule has 1 fully saturated rings. The molecule has 0 unspecified atom stereocenters. The van der Waals surface area contributed by atoms with Crippen molar-refractivity contribution in [3.8, 4) is 12.1 Å². The summed E-state index contributed by atoms with van der Waals surface area (Å²) in [5, 5.41) is 18.6. The van der Waals surface area contributed by atoms with Crippen LogP contribution >= 0.6 is 0 Å². The quantitative estimate of drug-likeness (QED) is 0.657.